The Morgan fingerprint density at radius 3 is 2.89 bits per heavy atom. The van der Waals surface area contributed by atoms with Crippen LogP contribution < -0.4 is 10.1 Å². The summed E-state index contributed by atoms with van der Waals surface area (Å²) in [4.78, 5) is 15.3. The standard InChI is InChI=1S/C13H10F2N2O2/c14-9-3-4-11(15)12(6-9)17-13(18)8-19-10-2-1-5-16-7-10/h1-7H,8H2,(H,17,18). The molecule has 0 bridgehead atoms. The molecule has 0 saturated heterocycles. The van der Waals surface area contributed by atoms with E-state index in [2.05, 4.69) is 10.3 Å². The summed E-state index contributed by atoms with van der Waals surface area (Å²) in [6.45, 7) is -0.318. The van der Waals surface area contributed by atoms with Gasteiger partial charge in [-0.3, -0.25) is 9.78 Å². The average molecular weight is 264 g/mol. The molecule has 1 N–H and O–H groups in total. The van der Waals surface area contributed by atoms with Crippen molar-refractivity contribution in [3.05, 3.63) is 54.4 Å². The number of hydrogen-bond acceptors (Lipinski definition) is 3. The first kappa shape index (κ1) is 12.9. The van der Waals surface area contributed by atoms with Crippen LogP contribution in [0.15, 0.2) is 42.7 Å². The van der Waals surface area contributed by atoms with Crippen molar-refractivity contribution in [2.45, 2.75) is 0 Å². The molecule has 0 saturated carbocycles. The molecule has 0 spiro atoms. The number of carbonyl (C=O) groups excluding carboxylic acids is 1. The Morgan fingerprint density at radius 2 is 2.16 bits per heavy atom. The SMILES string of the molecule is O=C(COc1cccnc1)Nc1cc(F)ccc1F. The number of carbonyl (C=O) groups is 1. The van der Waals surface area contributed by atoms with Crippen LogP contribution in [0.3, 0.4) is 0 Å². The molecule has 2 rings (SSSR count). The number of nitrogens with zero attached hydrogens (tertiary/aromatic N) is 1. The summed E-state index contributed by atoms with van der Waals surface area (Å²) in [5.74, 6) is -1.52. The van der Waals surface area contributed by atoms with Gasteiger partial charge < -0.3 is 10.1 Å². The van der Waals surface area contributed by atoms with Crippen LogP contribution in [0, 0.1) is 11.6 Å². The highest BCUT2D eigenvalue weighted by molar-refractivity contribution is 5.91. The zero-order chi connectivity index (χ0) is 13.7. The quantitative estimate of drug-likeness (QED) is 0.922. The van der Waals surface area contributed by atoms with Crippen LogP contribution in [0.5, 0.6) is 5.75 Å². The van der Waals surface area contributed by atoms with Crippen molar-refractivity contribution in [2.24, 2.45) is 0 Å². The Labute approximate surface area is 108 Å². The molecule has 1 heterocycles. The zero-order valence-electron chi connectivity index (χ0n) is 9.77. The van der Waals surface area contributed by atoms with Crippen LogP contribution in [-0.4, -0.2) is 17.5 Å². The van der Waals surface area contributed by atoms with Crippen LogP contribution in [0.2, 0.25) is 0 Å². The van der Waals surface area contributed by atoms with Gasteiger partial charge in [-0.2, -0.15) is 0 Å². The number of anilines is 1. The Bertz CT molecular complexity index is 576. The lowest BCUT2D eigenvalue weighted by Crippen LogP contribution is -2.20. The van der Waals surface area contributed by atoms with Crippen LogP contribution in [-0.2, 0) is 4.79 Å². The van der Waals surface area contributed by atoms with Crippen molar-refractivity contribution in [1.29, 1.82) is 0 Å². The fourth-order valence-corrected chi connectivity index (χ4v) is 1.36. The molecule has 2 aromatic rings. The third-order valence-corrected chi connectivity index (χ3v) is 2.21. The number of rotatable bonds is 4. The molecule has 0 atom stereocenters. The van der Waals surface area contributed by atoms with Crippen molar-refractivity contribution in [3.8, 4) is 5.75 Å². The Balaban J connectivity index is 1.93. The van der Waals surface area contributed by atoms with Gasteiger partial charge in [0.25, 0.3) is 5.91 Å². The molecule has 0 aliphatic heterocycles. The summed E-state index contributed by atoms with van der Waals surface area (Å²) >= 11 is 0. The number of hydrogen-bond donors (Lipinski definition) is 1. The molecule has 1 amide bonds. The second-order valence-electron chi connectivity index (χ2n) is 3.65. The van der Waals surface area contributed by atoms with E-state index in [9.17, 15) is 13.6 Å². The van der Waals surface area contributed by atoms with Crippen molar-refractivity contribution < 1.29 is 18.3 Å². The Morgan fingerprint density at radius 1 is 1.32 bits per heavy atom. The van der Waals surface area contributed by atoms with E-state index < -0.39 is 17.5 Å². The third kappa shape index (κ3) is 3.74. The summed E-state index contributed by atoms with van der Waals surface area (Å²) in [5.41, 5.74) is -0.222. The first-order valence-electron chi connectivity index (χ1n) is 5.43. The molecule has 0 aliphatic rings. The minimum atomic E-state index is -0.712. The molecule has 0 aliphatic carbocycles. The first-order valence-corrected chi connectivity index (χ1v) is 5.43. The highest BCUT2D eigenvalue weighted by atomic mass is 19.1. The number of pyridine rings is 1. The van der Waals surface area contributed by atoms with Gasteiger partial charge in [0.05, 0.1) is 11.9 Å². The molecule has 6 heteroatoms. The van der Waals surface area contributed by atoms with Crippen molar-refractivity contribution >= 4 is 11.6 Å². The van der Waals surface area contributed by atoms with Gasteiger partial charge in [0, 0.05) is 12.3 Å². The minimum absolute atomic E-state index is 0.222. The maximum atomic E-state index is 13.3. The maximum Gasteiger partial charge on any atom is 0.262 e. The largest absolute Gasteiger partial charge is 0.482 e. The summed E-state index contributed by atoms with van der Waals surface area (Å²) < 4.78 is 31.3. The Hall–Kier alpha value is -2.50. The van der Waals surface area contributed by atoms with E-state index in [0.29, 0.717) is 5.75 Å². The summed E-state index contributed by atoms with van der Waals surface area (Å²) in [6, 6.07) is 6.09. The highest BCUT2D eigenvalue weighted by Crippen LogP contribution is 2.15. The number of nitrogens with one attached hydrogen (secondary N) is 1. The van der Waals surface area contributed by atoms with Gasteiger partial charge in [-0.05, 0) is 24.3 Å². The van der Waals surface area contributed by atoms with Crippen LogP contribution in [0.25, 0.3) is 0 Å². The Kier molecular flexibility index (Phi) is 4.02. The van der Waals surface area contributed by atoms with E-state index in [1.54, 1.807) is 18.3 Å². The average Bonchev–Trinajstić information content (AvgIpc) is 2.42. The van der Waals surface area contributed by atoms with Gasteiger partial charge in [0.1, 0.15) is 17.4 Å². The lowest BCUT2D eigenvalue weighted by Gasteiger charge is -2.07. The summed E-state index contributed by atoms with van der Waals surface area (Å²) in [5, 5.41) is 2.22. The normalized spacial score (nSPS) is 10.0. The molecular formula is C13H10F2N2O2. The molecule has 1 aromatic carbocycles. The highest BCUT2D eigenvalue weighted by Gasteiger charge is 2.08. The van der Waals surface area contributed by atoms with E-state index in [1.165, 1.54) is 6.20 Å². The predicted octanol–water partition coefficient (Wildman–Crippen LogP) is 2.38. The van der Waals surface area contributed by atoms with Gasteiger partial charge in [0.15, 0.2) is 6.61 Å². The van der Waals surface area contributed by atoms with E-state index in [1.807, 2.05) is 0 Å². The summed E-state index contributed by atoms with van der Waals surface area (Å²) in [6.07, 6.45) is 3.01. The van der Waals surface area contributed by atoms with Gasteiger partial charge in [-0.25, -0.2) is 8.78 Å². The monoisotopic (exact) mass is 264 g/mol. The number of amides is 1. The first-order chi connectivity index (χ1) is 9.15. The van der Waals surface area contributed by atoms with Gasteiger partial charge >= 0.3 is 0 Å². The topological polar surface area (TPSA) is 51.2 Å². The van der Waals surface area contributed by atoms with Gasteiger partial charge in [-0.15, -0.1) is 0 Å². The number of halogens is 2. The molecule has 0 fully saturated rings. The minimum Gasteiger partial charge on any atom is -0.482 e. The zero-order valence-corrected chi connectivity index (χ0v) is 9.77. The lowest BCUT2D eigenvalue weighted by atomic mass is 10.3. The van der Waals surface area contributed by atoms with Crippen molar-refractivity contribution in [1.82, 2.24) is 4.98 Å². The van der Waals surface area contributed by atoms with E-state index in [0.717, 1.165) is 18.2 Å². The van der Waals surface area contributed by atoms with Gasteiger partial charge in [-0.1, -0.05) is 0 Å². The molecule has 19 heavy (non-hydrogen) atoms. The van der Waals surface area contributed by atoms with Crippen LogP contribution in [0.1, 0.15) is 0 Å². The molecule has 0 radical (unpaired) electrons. The molecular weight excluding hydrogens is 254 g/mol. The van der Waals surface area contributed by atoms with Crippen molar-refractivity contribution in [2.75, 3.05) is 11.9 Å². The molecule has 98 valence electrons. The van der Waals surface area contributed by atoms with Gasteiger partial charge in [0.2, 0.25) is 0 Å². The van der Waals surface area contributed by atoms with Crippen LogP contribution >= 0.6 is 0 Å². The number of ether oxygens (including phenoxy) is 1. The van der Waals surface area contributed by atoms with Crippen molar-refractivity contribution in [3.63, 3.8) is 0 Å². The second-order valence-corrected chi connectivity index (χ2v) is 3.65. The summed E-state index contributed by atoms with van der Waals surface area (Å²) in [7, 11) is 0. The maximum absolute atomic E-state index is 13.3. The molecule has 0 unspecified atom stereocenters. The second kappa shape index (κ2) is 5.90. The fourth-order valence-electron chi connectivity index (χ4n) is 1.36. The predicted molar refractivity (Wildman–Crippen MR) is 64.7 cm³/mol. The van der Waals surface area contributed by atoms with E-state index in [4.69, 9.17) is 4.74 Å². The van der Waals surface area contributed by atoms with E-state index in [-0.39, 0.29) is 12.3 Å². The van der Waals surface area contributed by atoms with E-state index >= 15 is 0 Å². The fraction of sp³-hybridized carbons (Fsp3) is 0.0769. The smallest absolute Gasteiger partial charge is 0.262 e. The lowest BCUT2D eigenvalue weighted by molar-refractivity contribution is -0.118. The molecule has 4 nitrogen and oxygen atoms in total. The number of benzene rings is 1. The van der Waals surface area contributed by atoms with Crippen LogP contribution in [0.4, 0.5) is 14.5 Å². The third-order valence-electron chi connectivity index (χ3n) is 2.21. The number of aromatic nitrogens is 1. The molecule has 1 aromatic heterocycles.